The standard InChI is InChI=1S/C25H25FN2O/c1-16-7-10-21(11-8-16)27-23-14-18(3)28(24-13-17(2)9-12-22(23)24)25(29)19-5-4-6-20(26)15-19/h4-13,15,18,23,27H,14H2,1-3H3/t18-,23+/m1/s1. The summed E-state index contributed by atoms with van der Waals surface area (Å²) in [6.45, 7) is 6.14. The van der Waals surface area contributed by atoms with E-state index in [9.17, 15) is 9.18 Å². The van der Waals surface area contributed by atoms with E-state index in [1.54, 1.807) is 12.1 Å². The first-order valence-electron chi connectivity index (χ1n) is 9.95. The smallest absolute Gasteiger partial charge is 0.258 e. The molecule has 148 valence electrons. The topological polar surface area (TPSA) is 32.3 Å². The summed E-state index contributed by atoms with van der Waals surface area (Å²) in [5, 5.41) is 3.62. The second kappa shape index (κ2) is 7.70. The third kappa shape index (κ3) is 3.88. The summed E-state index contributed by atoms with van der Waals surface area (Å²) in [6.07, 6.45) is 0.769. The maximum Gasteiger partial charge on any atom is 0.258 e. The molecule has 1 N–H and O–H groups in total. The molecule has 4 rings (SSSR count). The minimum atomic E-state index is -0.399. The number of hydrogen-bond donors (Lipinski definition) is 1. The van der Waals surface area contributed by atoms with Crippen LogP contribution in [0.1, 0.15) is 46.4 Å². The molecule has 1 amide bonds. The van der Waals surface area contributed by atoms with E-state index in [4.69, 9.17) is 0 Å². The molecule has 0 unspecified atom stereocenters. The number of carbonyl (C=O) groups is 1. The number of nitrogens with zero attached hydrogens (tertiary/aromatic N) is 1. The molecule has 0 fully saturated rings. The molecule has 0 spiro atoms. The summed E-state index contributed by atoms with van der Waals surface area (Å²) in [6, 6.07) is 20.5. The van der Waals surface area contributed by atoms with Crippen LogP contribution in [0.2, 0.25) is 0 Å². The number of carbonyl (C=O) groups excluding carboxylic acids is 1. The first-order valence-corrected chi connectivity index (χ1v) is 9.95. The lowest BCUT2D eigenvalue weighted by molar-refractivity contribution is 0.0973. The Labute approximate surface area is 171 Å². The molecule has 3 aromatic carbocycles. The van der Waals surface area contributed by atoms with Crippen LogP contribution in [0.25, 0.3) is 0 Å². The van der Waals surface area contributed by atoms with Gasteiger partial charge in [-0.2, -0.15) is 0 Å². The van der Waals surface area contributed by atoms with E-state index in [1.807, 2.05) is 24.8 Å². The van der Waals surface area contributed by atoms with Crippen molar-refractivity contribution in [1.82, 2.24) is 0 Å². The fourth-order valence-corrected chi connectivity index (χ4v) is 4.03. The molecule has 0 saturated carbocycles. The van der Waals surface area contributed by atoms with Gasteiger partial charge in [0.2, 0.25) is 0 Å². The molecule has 29 heavy (non-hydrogen) atoms. The van der Waals surface area contributed by atoms with E-state index < -0.39 is 5.82 Å². The number of anilines is 2. The Bertz CT molecular complexity index is 1040. The minimum absolute atomic E-state index is 0.0250. The molecule has 0 aromatic heterocycles. The van der Waals surface area contributed by atoms with Crippen LogP contribution in [0.3, 0.4) is 0 Å². The molecule has 0 aliphatic carbocycles. The maximum atomic E-state index is 13.7. The number of benzene rings is 3. The summed E-state index contributed by atoms with van der Waals surface area (Å²) < 4.78 is 13.7. The molecule has 4 heteroatoms. The zero-order valence-electron chi connectivity index (χ0n) is 16.9. The van der Waals surface area contributed by atoms with Gasteiger partial charge in [0.05, 0.1) is 6.04 Å². The third-order valence-corrected chi connectivity index (χ3v) is 5.52. The zero-order valence-corrected chi connectivity index (χ0v) is 16.9. The average Bonchev–Trinajstić information content (AvgIpc) is 2.69. The summed E-state index contributed by atoms with van der Waals surface area (Å²) in [5.74, 6) is -0.568. The normalized spacial score (nSPS) is 18.3. The number of halogens is 1. The fraction of sp³-hybridized carbons (Fsp3) is 0.240. The van der Waals surface area contributed by atoms with Crippen molar-refractivity contribution in [3.05, 3.63) is 94.8 Å². The van der Waals surface area contributed by atoms with Gasteiger partial charge in [0, 0.05) is 23.0 Å². The van der Waals surface area contributed by atoms with Crippen molar-refractivity contribution in [2.24, 2.45) is 0 Å². The number of rotatable bonds is 3. The predicted octanol–water partition coefficient (Wildman–Crippen LogP) is 6.03. The van der Waals surface area contributed by atoms with Gasteiger partial charge in [-0.3, -0.25) is 4.79 Å². The van der Waals surface area contributed by atoms with Crippen molar-refractivity contribution >= 4 is 17.3 Å². The minimum Gasteiger partial charge on any atom is -0.378 e. The summed E-state index contributed by atoms with van der Waals surface area (Å²) in [5.41, 5.74) is 5.71. The Morgan fingerprint density at radius 3 is 2.45 bits per heavy atom. The van der Waals surface area contributed by atoms with Gasteiger partial charge >= 0.3 is 0 Å². The summed E-state index contributed by atoms with van der Waals surface area (Å²) in [4.78, 5) is 15.1. The van der Waals surface area contributed by atoms with Crippen LogP contribution in [0, 0.1) is 19.7 Å². The van der Waals surface area contributed by atoms with Crippen molar-refractivity contribution in [3.63, 3.8) is 0 Å². The Morgan fingerprint density at radius 2 is 1.72 bits per heavy atom. The van der Waals surface area contributed by atoms with Crippen LogP contribution in [0.5, 0.6) is 0 Å². The predicted molar refractivity (Wildman–Crippen MR) is 116 cm³/mol. The lowest BCUT2D eigenvalue weighted by Gasteiger charge is -2.40. The number of hydrogen-bond acceptors (Lipinski definition) is 2. The van der Waals surface area contributed by atoms with E-state index in [1.165, 1.54) is 17.7 Å². The highest BCUT2D eigenvalue weighted by Gasteiger charge is 2.34. The molecule has 1 aliphatic rings. The summed E-state index contributed by atoms with van der Waals surface area (Å²) >= 11 is 0. The fourth-order valence-electron chi connectivity index (χ4n) is 4.03. The molecule has 3 aromatic rings. The van der Waals surface area contributed by atoms with Gasteiger partial charge in [0.1, 0.15) is 5.82 Å². The molecule has 2 atom stereocenters. The monoisotopic (exact) mass is 388 g/mol. The van der Waals surface area contributed by atoms with Crippen LogP contribution in [-0.4, -0.2) is 11.9 Å². The van der Waals surface area contributed by atoms with E-state index in [0.29, 0.717) is 5.56 Å². The number of aryl methyl sites for hydroxylation is 2. The van der Waals surface area contributed by atoms with Gasteiger partial charge in [-0.05, 0) is 74.7 Å². The van der Waals surface area contributed by atoms with Crippen LogP contribution in [-0.2, 0) is 0 Å². The van der Waals surface area contributed by atoms with Gasteiger partial charge in [-0.15, -0.1) is 0 Å². The van der Waals surface area contributed by atoms with Crippen LogP contribution in [0.15, 0.2) is 66.7 Å². The van der Waals surface area contributed by atoms with Crippen molar-refractivity contribution in [2.75, 3.05) is 10.2 Å². The van der Waals surface area contributed by atoms with Crippen molar-refractivity contribution in [3.8, 4) is 0 Å². The van der Waals surface area contributed by atoms with E-state index in [2.05, 4.69) is 48.6 Å². The highest BCUT2D eigenvalue weighted by Crippen LogP contribution is 2.40. The Hall–Kier alpha value is -3.14. The largest absolute Gasteiger partial charge is 0.378 e. The van der Waals surface area contributed by atoms with Gasteiger partial charge in [0.25, 0.3) is 5.91 Å². The second-order valence-electron chi connectivity index (χ2n) is 7.90. The average molecular weight is 388 g/mol. The highest BCUT2D eigenvalue weighted by atomic mass is 19.1. The number of nitrogens with one attached hydrogen (secondary N) is 1. The summed E-state index contributed by atoms with van der Waals surface area (Å²) in [7, 11) is 0. The molecule has 0 bridgehead atoms. The van der Waals surface area contributed by atoms with Gasteiger partial charge in [0.15, 0.2) is 0 Å². The lowest BCUT2D eigenvalue weighted by atomic mass is 9.90. The molecule has 0 saturated heterocycles. The van der Waals surface area contributed by atoms with Gasteiger partial charge in [-0.25, -0.2) is 4.39 Å². The van der Waals surface area contributed by atoms with Gasteiger partial charge in [-0.1, -0.05) is 35.9 Å². The molecular formula is C25H25FN2O. The first kappa shape index (κ1) is 19.2. The van der Waals surface area contributed by atoms with Gasteiger partial charge < -0.3 is 10.2 Å². The Morgan fingerprint density at radius 1 is 1.00 bits per heavy atom. The van der Waals surface area contributed by atoms with E-state index >= 15 is 0 Å². The quantitative estimate of drug-likeness (QED) is 0.594. The molecular weight excluding hydrogens is 363 g/mol. The lowest BCUT2D eigenvalue weighted by Crippen LogP contribution is -2.44. The Kier molecular flexibility index (Phi) is 5.10. The van der Waals surface area contributed by atoms with E-state index in [-0.39, 0.29) is 18.0 Å². The number of fused-ring (bicyclic) bond motifs is 1. The molecule has 1 aliphatic heterocycles. The van der Waals surface area contributed by atoms with Crippen LogP contribution < -0.4 is 10.2 Å². The van der Waals surface area contributed by atoms with Crippen LogP contribution in [0.4, 0.5) is 15.8 Å². The second-order valence-corrected chi connectivity index (χ2v) is 7.90. The highest BCUT2D eigenvalue weighted by molar-refractivity contribution is 6.07. The Balaban J connectivity index is 1.72. The van der Waals surface area contributed by atoms with Crippen molar-refractivity contribution in [2.45, 2.75) is 39.3 Å². The molecule has 1 heterocycles. The van der Waals surface area contributed by atoms with Crippen LogP contribution >= 0.6 is 0 Å². The van der Waals surface area contributed by atoms with Crippen molar-refractivity contribution < 1.29 is 9.18 Å². The van der Waals surface area contributed by atoms with E-state index in [0.717, 1.165) is 28.9 Å². The maximum absolute atomic E-state index is 13.7. The zero-order chi connectivity index (χ0) is 20.5. The molecule has 3 nitrogen and oxygen atoms in total. The SMILES string of the molecule is Cc1ccc(N[C@H]2C[C@@H](C)N(C(=O)c3cccc(F)c3)c3cc(C)ccc32)cc1. The van der Waals surface area contributed by atoms with Crippen molar-refractivity contribution in [1.29, 1.82) is 0 Å². The number of amides is 1. The third-order valence-electron chi connectivity index (χ3n) is 5.52. The molecule has 0 radical (unpaired) electrons. The first-order chi connectivity index (χ1) is 13.9.